The van der Waals surface area contributed by atoms with E-state index in [1.807, 2.05) is 24.3 Å². The lowest BCUT2D eigenvalue weighted by molar-refractivity contribution is 0.0526. The summed E-state index contributed by atoms with van der Waals surface area (Å²) in [6.07, 6.45) is 0. The predicted molar refractivity (Wildman–Crippen MR) is 88.3 cm³/mol. The van der Waals surface area contributed by atoms with Crippen LogP contribution < -0.4 is 11.1 Å². The van der Waals surface area contributed by atoms with E-state index < -0.39 is 0 Å². The number of rotatable bonds is 5. The van der Waals surface area contributed by atoms with Crippen molar-refractivity contribution < 1.29 is 9.53 Å². The highest BCUT2D eigenvalue weighted by Crippen LogP contribution is 2.21. The van der Waals surface area contributed by atoms with Gasteiger partial charge in [-0.1, -0.05) is 28.1 Å². The van der Waals surface area contributed by atoms with Crippen LogP contribution in [0.1, 0.15) is 22.8 Å². The second kappa shape index (κ2) is 7.13. The Kier molecular flexibility index (Phi) is 5.22. The third-order valence-electron chi connectivity index (χ3n) is 2.96. The molecule has 2 rings (SSSR count). The number of nitrogens with one attached hydrogen (secondary N) is 1. The number of anilines is 2. The van der Waals surface area contributed by atoms with Crippen LogP contribution in [0.4, 0.5) is 11.4 Å². The van der Waals surface area contributed by atoms with E-state index in [-0.39, 0.29) is 5.97 Å². The normalized spacial score (nSPS) is 10.2. The summed E-state index contributed by atoms with van der Waals surface area (Å²) >= 11 is 3.40. The number of esters is 1. The first-order valence-electron chi connectivity index (χ1n) is 6.65. The molecule has 0 heterocycles. The lowest BCUT2D eigenvalue weighted by Crippen LogP contribution is -2.07. The van der Waals surface area contributed by atoms with Crippen molar-refractivity contribution in [2.75, 3.05) is 17.7 Å². The summed E-state index contributed by atoms with van der Waals surface area (Å²) in [7, 11) is 0. The predicted octanol–water partition coefficient (Wildman–Crippen LogP) is 3.82. The van der Waals surface area contributed by atoms with Gasteiger partial charge in [0.15, 0.2) is 0 Å². The summed E-state index contributed by atoms with van der Waals surface area (Å²) in [5.74, 6) is -0.343. The van der Waals surface area contributed by atoms with Crippen LogP contribution in [0.5, 0.6) is 0 Å². The van der Waals surface area contributed by atoms with Gasteiger partial charge in [0.2, 0.25) is 0 Å². The Morgan fingerprint density at radius 3 is 2.62 bits per heavy atom. The zero-order valence-corrected chi connectivity index (χ0v) is 13.3. The van der Waals surface area contributed by atoms with Gasteiger partial charge in [-0.05, 0) is 42.8 Å². The highest BCUT2D eigenvalue weighted by atomic mass is 79.9. The molecule has 110 valence electrons. The van der Waals surface area contributed by atoms with Crippen molar-refractivity contribution in [1.29, 1.82) is 0 Å². The molecule has 0 aliphatic carbocycles. The Labute approximate surface area is 132 Å². The Morgan fingerprint density at radius 2 is 1.95 bits per heavy atom. The maximum absolute atomic E-state index is 11.7. The first-order valence-corrected chi connectivity index (χ1v) is 7.44. The van der Waals surface area contributed by atoms with E-state index in [9.17, 15) is 4.79 Å². The van der Waals surface area contributed by atoms with Crippen molar-refractivity contribution in [1.82, 2.24) is 0 Å². The second-order valence-corrected chi connectivity index (χ2v) is 5.42. The van der Waals surface area contributed by atoms with Crippen molar-refractivity contribution in [3.05, 3.63) is 58.1 Å². The Morgan fingerprint density at radius 1 is 1.24 bits per heavy atom. The number of hydrogen-bond acceptors (Lipinski definition) is 4. The monoisotopic (exact) mass is 348 g/mol. The van der Waals surface area contributed by atoms with E-state index in [1.54, 1.807) is 25.1 Å². The average Bonchev–Trinajstić information content (AvgIpc) is 2.48. The van der Waals surface area contributed by atoms with Gasteiger partial charge in [-0.15, -0.1) is 0 Å². The molecule has 0 spiro atoms. The van der Waals surface area contributed by atoms with Gasteiger partial charge in [-0.2, -0.15) is 0 Å². The summed E-state index contributed by atoms with van der Waals surface area (Å²) in [6.45, 7) is 2.76. The minimum Gasteiger partial charge on any atom is -0.462 e. The molecule has 0 fully saturated rings. The summed E-state index contributed by atoms with van der Waals surface area (Å²) in [6, 6.07) is 13.1. The van der Waals surface area contributed by atoms with Crippen LogP contribution in [0.25, 0.3) is 0 Å². The smallest absolute Gasteiger partial charge is 0.338 e. The molecule has 0 saturated heterocycles. The zero-order valence-electron chi connectivity index (χ0n) is 11.7. The number of nitrogens with two attached hydrogens (primary N) is 1. The molecule has 2 aromatic rings. The quantitative estimate of drug-likeness (QED) is 0.636. The van der Waals surface area contributed by atoms with Gasteiger partial charge in [-0.3, -0.25) is 0 Å². The standard InChI is InChI=1S/C16H17BrN2O2/c1-2-21-16(20)12-5-8-14(18)15(9-12)19-10-11-3-6-13(17)7-4-11/h3-9,19H,2,10,18H2,1H3. The van der Waals surface area contributed by atoms with Crippen molar-refractivity contribution in [2.45, 2.75) is 13.5 Å². The topological polar surface area (TPSA) is 64.3 Å². The van der Waals surface area contributed by atoms with Crippen LogP contribution in [0.3, 0.4) is 0 Å². The first-order chi connectivity index (χ1) is 10.1. The maximum atomic E-state index is 11.7. The Hall–Kier alpha value is -2.01. The minimum absolute atomic E-state index is 0.343. The van der Waals surface area contributed by atoms with E-state index in [2.05, 4.69) is 21.2 Å². The largest absolute Gasteiger partial charge is 0.462 e. The van der Waals surface area contributed by atoms with Crippen LogP contribution in [-0.4, -0.2) is 12.6 Å². The van der Waals surface area contributed by atoms with Gasteiger partial charge in [0, 0.05) is 11.0 Å². The number of nitrogen functional groups attached to an aromatic ring is 1. The van der Waals surface area contributed by atoms with Crippen molar-refractivity contribution in [3.8, 4) is 0 Å². The molecule has 0 saturated carbocycles. The third-order valence-corrected chi connectivity index (χ3v) is 3.49. The SMILES string of the molecule is CCOC(=O)c1ccc(N)c(NCc2ccc(Br)cc2)c1. The van der Waals surface area contributed by atoms with Gasteiger partial charge in [0.1, 0.15) is 0 Å². The maximum Gasteiger partial charge on any atom is 0.338 e. The molecular weight excluding hydrogens is 332 g/mol. The molecule has 0 amide bonds. The fraction of sp³-hybridized carbons (Fsp3) is 0.188. The van der Waals surface area contributed by atoms with Gasteiger partial charge in [0.25, 0.3) is 0 Å². The fourth-order valence-electron chi connectivity index (χ4n) is 1.85. The number of carbonyl (C=O) groups excluding carboxylic acids is 1. The Bertz CT molecular complexity index is 627. The fourth-order valence-corrected chi connectivity index (χ4v) is 2.11. The van der Waals surface area contributed by atoms with Gasteiger partial charge < -0.3 is 15.8 Å². The number of benzene rings is 2. The summed E-state index contributed by atoms with van der Waals surface area (Å²) < 4.78 is 6.02. The summed E-state index contributed by atoms with van der Waals surface area (Å²) in [4.78, 5) is 11.7. The average molecular weight is 349 g/mol. The van der Waals surface area contributed by atoms with Gasteiger partial charge >= 0.3 is 5.97 Å². The Balaban J connectivity index is 2.10. The molecule has 0 atom stereocenters. The molecule has 2 aromatic carbocycles. The van der Waals surface area contributed by atoms with Gasteiger partial charge in [0.05, 0.1) is 23.5 Å². The van der Waals surface area contributed by atoms with E-state index in [0.717, 1.165) is 15.7 Å². The van der Waals surface area contributed by atoms with E-state index in [0.29, 0.717) is 24.4 Å². The molecule has 4 nitrogen and oxygen atoms in total. The highest BCUT2D eigenvalue weighted by molar-refractivity contribution is 9.10. The van der Waals surface area contributed by atoms with Crippen LogP contribution in [0, 0.1) is 0 Å². The zero-order chi connectivity index (χ0) is 15.2. The number of hydrogen-bond donors (Lipinski definition) is 2. The lowest BCUT2D eigenvalue weighted by atomic mass is 10.1. The van der Waals surface area contributed by atoms with Crippen LogP contribution in [0.15, 0.2) is 46.9 Å². The molecule has 0 aliphatic rings. The van der Waals surface area contributed by atoms with E-state index in [4.69, 9.17) is 10.5 Å². The van der Waals surface area contributed by atoms with Crippen LogP contribution >= 0.6 is 15.9 Å². The van der Waals surface area contributed by atoms with Crippen molar-refractivity contribution in [3.63, 3.8) is 0 Å². The van der Waals surface area contributed by atoms with Gasteiger partial charge in [-0.25, -0.2) is 4.79 Å². The molecule has 21 heavy (non-hydrogen) atoms. The molecule has 0 bridgehead atoms. The third kappa shape index (κ3) is 4.23. The summed E-state index contributed by atoms with van der Waals surface area (Å²) in [5.41, 5.74) is 8.87. The lowest BCUT2D eigenvalue weighted by Gasteiger charge is -2.11. The van der Waals surface area contributed by atoms with Crippen LogP contribution in [0.2, 0.25) is 0 Å². The molecule has 0 aliphatic heterocycles. The molecule has 0 unspecified atom stereocenters. The number of carbonyl (C=O) groups is 1. The molecule has 0 radical (unpaired) electrons. The minimum atomic E-state index is -0.343. The van der Waals surface area contributed by atoms with E-state index >= 15 is 0 Å². The van der Waals surface area contributed by atoms with Crippen molar-refractivity contribution >= 4 is 33.3 Å². The van der Waals surface area contributed by atoms with E-state index in [1.165, 1.54) is 0 Å². The highest BCUT2D eigenvalue weighted by Gasteiger charge is 2.09. The second-order valence-electron chi connectivity index (χ2n) is 4.50. The first kappa shape index (κ1) is 15.4. The molecule has 0 aromatic heterocycles. The number of halogens is 1. The molecule has 5 heteroatoms. The molecular formula is C16H17BrN2O2. The van der Waals surface area contributed by atoms with Crippen LogP contribution in [-0.2, 0) is 11.3 Å². The molecule has 3 N–H and O–H groups in total. The van der Waals surface area contributed by atoms with Crippen molar-refractivity contribution in [2.24, 2.45) is 0 Å². The number of ether oxygens (including phenoxy) is 1. The summed E-state index contributed by atoms with van der Waals surface area (Å²) in [5, 5.41) is 3.24.